The molecule has 1 nitrogen and oxygen atoms in total. The van der Waals surface area contributed by atoms with Crippen LogP contribution in [0.1, 0.15) is 0 Å². The molecule has 62 valence electrons. The smallest absolute Gasteiger partial charge is 0.204 e. The molecule has 0 bridgehead atoms. The third-order valence-corrected chi connectivity index (χ3v) is 2.94. The van der Waals surface area contributed by atoms with Crippen molar-refractivity contribution >= 4 is 22.2 Å². The van der Waals surface area contributed by atoms with E-state index < -0.39 is 0 Å². The molecule has 1 aromatic carbocycles. The van der Waals surface area contributed by atoms with Crippen molar-refractivity contribution in [3.05, 3.63) is 41.1 Å². The van der Waals surface area contributed by atoms with E-state index in [1.54, 1.807) is 11.3 Å². The van der Waals surface area contributed by atoms with Gasteiger partial charge in [-0.15, -0.1) is 0 Å². The Morgan fingerprint density at radius 3 is 3.00 bits per heavy atom. The van der Waals surface area contributed by atoms with Crippen molar-refractivity contribution in [3.8, 4) is 11.3 Å². The molecule has 1 aromatic rings. The van der Waals surface area contributed by atoms with Crippen LogP contribution in [-0.4, -0.2) is 0 Å². The summed E-state index contributed by atoms with van der Waals surface area (Å²) >= 11 is 1.73. The molecular formula is C11H8NS+. The summed E-state index contributed by atoms with van der Waals surface area (Å²) in [6.45, 7) is 0. The van der Waals surface area contributed by atoms with Gasteiger partial charge in [-0.2, -0.15) is 11.3 Å². The van der Waals surface area contributed by atoms with Gasteiger partial charge in [0.1, 0.15) is 0 Å². The van der Waals surface area contributed by atoms with Gasteiger partial charge in [0.15, 0.2) is 0 Å². The molecule has 2 heteroatoms. The third-order valence-electron chi connectivity index (χ3n) is 2.28. The fourth-order valence-electron chi connectivity index (χ4n) is 1.66. The van der Waals surface area contributed by atoms with Crippen molar-refractivity contribution in [3.63, 3.8) is 0 Å². The lowest BCUT2D eigenvalue weighted by molar-refractivity contribution is -0.327. The summed E-state index contributed by atoms with van der Waals surface area (Å²) in [6.07, 6.45) is 0. The Hall–Kier alpha value is -1.41. The average molecular weight is 186 g/mol. The average Bonchev–Trinajstić information content (AvgIpc) is 2.56. The monoisotopic (exact) mass is 186 g/mol. The lowest BCUT2D eigenvalue weighted by Gasteiger charge is -1.87. The first-order valence-electron chi connectivity index (χ1n) is 4.21. The molecule has 0 aliphatic carbocycles. The highest BCUT2D eigenvalue weighted by Crippen LogP contribution is 2.28. The van der Waals surface area contributed by atoms with Crippen molar-refractivity contribution in [2.75, 3.05) is 0 Å². The van der Waals surface area contributed by atoms with E-state index in [0.29, 0.717) is 0 Å². The van der Waals surface area contributed by atoms with Crippen LogP contribution < -0.4 is 4.98 Å². The highest BCUT2D eigenvalue weighted by atomic mass is 32.1. The second kappa shape index (κ2) is 2.54. The van der Waals surface area contributed by atoms with Crippen LogP contribution >= 0.6 is 11.3 Å². The zero-order valence-electron chi connectivity index (χ0n) is 6.95. The molecule has 2 aliphatic heterocycles. The second-order valence-electron chi connectivity index (χ2n) is 3.05. The topological polar surface area (TPSA) is 14.1 Å². The van der Waals surface area contributed by atoms with Gasteiger partial charge in [0.2, 0.25) is 11.2 Å². The number of nitrogens with one attached hydrogen (secondary N) is 1. The van der Waals surface area contributed by atoms with Crippen LogP contribution in [0.15, 0.2) is 41.1 Å². The Balaban J connectivity index is 2.56. The Kier molecular flexibility index (Phi) is 1.37. The molecule has 0 unspecified atom stereocenters. The summed E-state index contributed by atoms with van der Waals surface area (Å²) in [7, 11) is 0. The minimum Gasteiger partial charge on any atom is -0.204 e. The molecule has 1 N–H and O–H groups in total. The minimum absolute atomic E-state index is 1.22. The van der Waals surface area contributed by atoms with E-state index in [9.17, 15) is 0 Å². The Morgan fingerprint density at radius 1 is 1.08 bits per heavy atom. The summed E-state index contributed by atoms with van der Waals surface area (Å²) in [5.41, 5.74) is 3.76. The molecule has 3 rings (SSSR count). The molecule has 2 heterocycles. The zero-order chi connectivity index (χ0) is 8.67. The van der Waals surface area contributed by atoms with E-state index in [1.165, 1.54) is 22.2 Å². The minimum atomic E-state index is 1.22. The van der Waals surface area contributed by atoms with Gasteiger partial charge in [-0.1, -0.05) is 12.1 Å². The van der Waals surface area contributed by atoms with E-state index in [-0.39, 0.29) is 0 Å². The third kappa shape index (κ3) is 0.956. The highest BCUT2D eigenvalue weighted by molar-refractivity contribution is 7.08. The standard InChI is InChI=1S/C11H7NS/c1-2-4-10-8(3-1)9-7-13-6-5-11(9)12-10/h1-7H/p+1. The number of fused-ring (bicyclic) bond motifs is 3. The van der Waals surface area contributed by atoms with Gasteiger partial charge in [-0.25, -0.2) is 4.98 Å². The molecule has 0 saturated carbocycles. The van der Waals surface area contributed by atoms with Crippen LogP contribution in [0.5, 0.6) is 0 Å². The quantitative estimate of drug-likeness (QED) is 0.512. The molecule has 0 spiro atoms. The van der Waals surface area contributed by atoms with Gasteiger partial charge < -0.3 is 0 Å². The van der Waals surface area contributed by atoms with E-state index >= 15 is 0 Å². The van der Waals surface area contributed by atoms with Crippen LogP contribution in [0, 0.1) is 0 Å². The maximum Gasteiger partial charge on any atom is 0.213 e. The number of para-hydroxylation sites is 1. The van der Waals surface area contributed by atoms with Crippen molar-refractivity contribution in [2.45, 2.75) is 0 Å². The lowest BCUT2D eigenvalue weighted by atomic mass is 10.1. The lowest BCUT2D eigenvalue weighted by Crippen LogP contribution is -1.98. The fraction of sp³-hybridized carbons (Fsp3) is 0. The Morgan fingerprint density at radius 2 is 2.00 bits per heavy atom. The second-order valence-corrected chi connectivity index (χ2v) is 3.83. The first-order chi connectivity index (χ1) is 6.45. The number of aromatic amines is 1. The maximum absolute atomic E-state index is 3.38. The van der Waals surface area contributed by atoms with Crippen molar-refractivity contribution in [1.82, 2.24) is 0 Å². The molecule has 2 aliphatic rings. The maximum atomic E-state index is 3.38. The SMILES string of the molecule is c1ccc2c3csccc-3[nH+]c2c1. The van der Waals surface area contributed by atoms with Crippen LogP contribution in [0.25, 0.3) is 22.2 Å². The first kappa shape index (κ1) is 7.04. The Labute approximate surface area is 80.0 Å². The fourth-order valence-corrected chi connectivity index (χ4v) is 2.34. The molecule has 0 saturated heterocycles. The zero-order valence-corrected chi connectivity index (χ0v) is 7.77. The largest absolute Gasteiger partial charge is 0.213 e. The molecular weight excluding hydrogens is 178 g/mol. The van der Waals surface area contributed by atoms with Crippen LogP contribution in [0.4, 0.5) is 0 Å². The van der Waals surface area contributed by atoms with Crippen molar-refractivity contribution in [1.29, 1.82) is 0 Å². The number of aromatic nitrogens is 1. The molecule has 0 radical (unpaired) electrons. The van der Waals surface area contributed by atoms with Gasteiger partial charge in [0, 0.05) is 17.5 Å². The van der Waals surface area contributed by atoms with E-state index in [4.69, 9.17) is 0 Å². The molecule has 0 atom stereocenters. The summed E-state index contributed by atoms with van der Waals surface area (Å²) in [5.74, 6) is 0. The van der Waals surface area contributed by atoms with Crippen molar-refractivity contribution < 1.29 is 4.98 Å². The predicted molar refractivity (Wildman–Crippen MR) is 55.0 cm³/mol. The number of benzene rings is 1. The summed E-state index contributed by atoms with van der Waals surface area (Å²) in [6, 6.07) is 10.5. The van der Waals surface area contributed by atoms with E-state index in [1.807, 2.05) is 0 Å². The highest BCUT2D eigenvalue weighted by Gasteiger charge is 2.15. The molecule has 0 fully saturated rings. The first-order valence-corrected chi connectivity index (χ1v) is 5.15. The van der Waals surface area contributed by atoms with E-state index in [2.05, 4.69) is 46.1 Å². The van der Waals surface area contributed by atoms with Gasteiger partial charge in [-0.3, -0.25) is 0 Å². The Bertz CT molecular complexity index is 527. The summed E-state index contributed by atoms with van der Waals surface area (Å²) < 4.78 is 0. The molecule has 0 amide bonds. The number of hydrogen-bond acceptors (Lipinski definition) is 1. The van der Waals surface area contributed by atoms with Gasteiger partial charge in [0.25, 0.3) is 0 Å². The van der Waals surface area contributed by atoms with Gasteiger partial charge in [-0.05, 0) is 11.4 Å². The van der Waals surface area contributed by atoms with Crippen LogP contribution in [0.3, 0.4) is 0 Å². The molecule has 0 aromatic heterocycles. The van der Waals surface area contributed by atoms with Gasteiger partial charge >= 0.3 is 0 Å². The number of hydrogen-bond donors (Lipinski definition) is 0. The van der Waals surface area contributed by atoms with Crippen LogP contribution in [-0.2, 0) is 0 Å². The van der Waals surface area contributed by atoms with Crippen molar-refractivity contribution in [2.24, 2.45) is 0 Å². The summed E-state index contributed by atoms with van der Waals surface area (Å²) in [4.78, 5) is 3.38. The predicted octanol–water partition coefficient (Wildman–Crippen LogP) is 2.82. The van der Waals surface area contributed by atoms with Gasteiger partial charge in [0.05, 0.1) is 10.9 Å². The molecule has 13 heavy (non-hydrogen) atoms. The number of H-pyrrole nitrogens is 1. The van der Waals surface area contributed by atoms with E-state index in [0.717, 1.165) is 0 Å². The summed E-state index contributed by atoms with van der Waals surface area (Å²) in [5, 5.41) is 5.60. The van der Waals surface area contributed by atoms with Crippen LogP contribution in [0.2, 0.25) is 0 Å². The normalized spacial score (nSPS) is 11.1. The number of rotatable bonds is 0.